The first-order valence-electron chi connectivity index (χ1n) is 6.56. The number of rotatable bonds is 3. The molecule has 0 spiro atoms. The molecule has 102 valence electrons. The summed E-state index contributed by atoms with van der Waals surface area (Å²) in [6.45, 7) is 4.56. The van der Waals surface area contributed by atoms with Gasteiger partial charge in [-0.15, -0.1) is 0 Å². The van der Waals surface area contributed by atoms with Crippen LogP contribution in [0.3, 0.4) is 0 Å². The van der Waals surface area contributed by atoms with Crippen molar-refractivity contribution in [2.24, 2.45) is 0 Å². The minimum absolute atomic E-state index is 0.376. The van der Waals surface area contributed by atoms with Crippen molar-refractivity contribution >= 4 is 16.7 Å². The third-order valence-electron chi connectivity index (χ3n) is 3.43. The number of imidazole rings is 1. The van der Waals surface area contributed by atoms with Gasteiger partial charge in [-0.3, -0.25) is 0 Å². The highest BCUT2D eigenvalue weighted by Crippen LogP contribution is 2.22. The van der Waals surface area contributed by atoms with E-state index in [-0.39, 0.29) is 0 Å². The quantitative estimate of drug-likeness (QED) is 0.715. The zero-order chi connectivity index (χ0) is 14.1. The van der Waals surface area contributed by atoms with Crippen molar-refractivity contribution in [1.82, 2.24) is 9.97 Å². The van der Waals surface area contributed by atoms with Crippen molar-refractivity contribution < 1.29 is 4.74 Å². The Hall–Kier alpha value is -2.49. The van der Waals surface area contributed by atoms with Crippen LogP contribution in [0.4, 0.5) is 5.69 Å². The van der Waals surface area contributed by atoms with Gasteiger partial charge in [-0.2, -0.15) is 0 Å². The highest BCUT2D eigenvalue weighted by Gasteiger charge is 2.06. The van der Waals surface area contributed by atoms with Crippen molar-refractivity contribution in [2.75, 3.05) is 5.73 Å². The summed E-state index contributed by atoms with van der Waals surface area (Å²) < 4.78 is 5.69. The number of aryl methyl sites for hydroxylation is 2. The molecule has 0 amide bonds. The minimum Gasteiger partial charge on any atom is -0.484 e. The van der Waals surface area contributed by atoms with E-state index in [1.54, 1.807) is 0 Å². The van der Waals surface area contributed by atoms with Crippen LogP contribution >= 0.6 is 0 Å². The molecule has 3 rings (SSSR count). The number of hydrogen-bond acceptors (Lipinski definition) is 3. The molecule has 0 radical (unpaired) electrons. The summed E-state index contributed by atoms with van der Waals surface area (Å²) in [5, 5.41) is 0. The SMILES string of the molecule is Cc1cc2nc(COc3ccccc3N)[nH]c2cc1C. The van der Waals surface area contributed by atoms with Gasteiger partial charge in [0.1, 0.15) is 18.2 Å². The Kier molecular flexibility index (Phi) is 3.06. The van der Waals surface area contributed by atoms with E-state index in [9.17, 15) is 0 Å². The number of H-pyrrole nitrogens is 1. The number of nitrogen functional groups attached to an aromatic ring is 1. The van der Waals surface area contributed by atoms with Gasteiger partial charge in [0.05, 0.1) is 16.7 Å². The van der Waals surface area contributed by atoms with Crippen LogP contribution in [-0.4, -0.2) is 9.97 Å². The van der Waals surface area contributed by atoms with E-state index >= 15 is 0 Å². The average molecular weight is 267 g/mol. The zero-order valence-electron chi connectivity index (χ0n) is 11.6. The molecule has 0 saturated carbocycles. The van der Waals surface area contributed by atoms with E-state index in [1.165, 1.54) is 11.1 Å². The van der Waals surface area contributed by atoms with Crippen LogP contribution in [0.25, 0.3) is 11.0 Å². The molecular weight excluding hydrogens is 250 g/mol. The van der Waals surface area contributed by atoms with Crippen LogP contribution in [0.1, 0.15) is 17.0 Å². The molecule has 1 heterocycles. The molecule has 3 aromatic rings. The van der Waals surface area contributed by atoms with Crippen LogP contribution < -0.4 is 10.5 Å². The summed E-state index contributed by atoms with van der Waals surface area (Å²) in [6.07, 6.45) is 0. The Morgan fingerprint density at radius 3 is 2.70 bits per heavy atom. The maximum Gasteiger partial charge on any atom is 0.146 e. The van der Waals surface area contributed by atoms with Crippen molar-refractivity contribution in [1.29, 1.82) is 0 Å². The summed E-state index contributed by atoms with van der Waals surface area (Å²) in [6, 6.07) is 11.7. The van der Waals surface area contributed by atoms with E-state index in [0.717, 1.165) is 16.9 Å². The predicted octanol–water partition coefficient (Wildman–Crippen LogP) is 3.34. The van der Waals surface area contributed by atoms with Crippen molar-refractivity contribution in [3.05, 3.63) is 53.3 Å². The second-order valence-electron chi connectivity index (χ2n) is 4.96. The van der Waals surface area contributed by atoms with E-state index in [2.05, 4.69) is 35.9 Å². The number of fused-ring (bicyclic) bond motifs is 1. The van der Waals surface area contributed by atoms with Crippen LogP contribution in [0.2, 0.25) is 0 Å². The molecule has 0 saturated heterocycles. The molecule has 4 heteroatoms. The number of para-hydroxylation sites is 2. The number of hydrogen-bond donors (Lipinski definition) is 2. The van der Waals surface area contributed by atoms with Gasteiger partial charge in [0.15, 0.2) is 0 Å². The molecular formula is C16H17N3O. The van der Waals surface area contributed by atoms with Gasteiger partial charge in [0.25, 0.3) is 0 Å². The molecule has 3 N–H and O–H groups in total. The zero-order valence-corrected chi connectivity index (χ0v) is 11.6. The summed E-state index contributed by atoms with van der Waals surface area (Å²) in [4.78, 5) is 7.81. The highest BCUT2D eigenvalue weighted by molar-refractivity contribution is 5.77. The van der Waals surface area contributed by atoms with Crippen molar-refractivity contribution in [3.8, 4) is 5.75 Å². The molecule has 0 fully saturated rings. The lowest BCUT2D eigenvalue weighted by Gasteiger charge is -2.06. The van der Waals surface area contributed by atoms with E-state index in [1.807, 2.05) is 24.3 Å². The maximum absolute atomic E-state index is 5.84. The molecule has 20 heavy (non-hydrogen) atoms. The standard InChI is InChI=1S/C16H17N3O/c1-10-7-13-14(8-11(10)2)19-16(18-13)9-20-15-6-4-3-5-12(15)17/h3-8H,9,17H2,1-2H3,(H,18,19). The predicted molar refractivity (Wildman–Crippen MR) is 80.8 cm³/mol. The van der Waals surface area contributed by atoms with Gasteiger partial charge in [-0.25, -0.2) is 4.98 Å². The van der Waals surface area contributed by atoms with Gasteiger partial charge in [-0.1, -0.05) is 12.1 Å². The monoisotopic (exact) mass is 267 g/mol. The van der Waals surface area contributed by atoms with Crippen molar-refractivity contribution in [2.45, 2.75) is 20.5 Å². The Morgan fingerprint density at radius 1 is 1.15 bits per heavy atom. The number of ether oxygens (including phenoxy) is 1. The first kappa shape index (κ1) is 12.5. The maximum atomic E-state index is 5.84. The average Bonchev–Trinajstić information content (AvgIpc) is 2.80. The second-order valence-corrected chi connectivity index (χ2v) is 4.96. The summed E-state index contributed by atoms with van der Waals surface area (Å²) in [7, 11) is 0. The Bertz CT molecular complexity index is 723. The number of aromatic amines is 1. The molecule has 0 aliphatic rings. The molecule has 0 atom stereocenters. The fourth-order valence-corrected chi connectivity index (χ4v) is 2.15. The van der Waals surface area contributed by atoms with Crippen LogP contribution in [0, 0.1) is 13.8 Å². The number of nitrogens with two attached hydrogens (primary N) is 1. The van der Waals surface area contributed by atoms with Crippen LogP contribution in [0.5, 0.6) is 5.75 Å². The first-order chi connectivity index (χ1) is 9.63. The number of nitrogens with zero attached hydrogens (tertiary/aromatic N) is 1. The van der Waals surface area contributed by atoms with E-state index < -0.39 is 0 Å². The molecule has 4 nitrogen and oxygen atoms in total. The lowest BCUT2D eigenvalue weighted by molar-refractivity contribution is 0.299. The molecule has 0 aliphatic carbocycles. The fraction of sp³-hybridized carbons (Fsp3) is 0.188. The molecule has 2 aromatic carbocycles. The summed E-state index contributed by atoms with van der Waals surface area (Å²) in [5.74, 6) is 1.48. The third-order valence-corrected chi connectivity index (χ3v) is 3.43. The number of aromatic nitrogens is 2. The largest absolute Gasteiger partial charge is 0.484 e. The van der Waals surface area contributed by atoms with Crippen LogP contribution in [-0.2, 0) is 6.61 Å². The molecule has 0 aliphatic heterocycles. The molecule has 1 aromatic heterocycles. The lowest BCUT2D eigenvalue weighted by atomic mass is 10.1. The van der Waals surface area contributed by atoms with Gasteiger partial charge < -0.3 is 15.5 Å². The Labute approximate surface area is 117 Å². The molecule has 0 bridgehead atoms. The Morgan fingerprint density at radius 2 is 1.90 bits per heavy atom. The normalized spacial score (nSPS) is 10.9. The number of benzene rings is 2. The summed E-state index contributed by atoms with van der Waals surface area (Å²) >= 11 is 0. The minimum atomic E-state index is 0.376. The number of nitrogens with one attached hydrogen (secondary N) is 1. The fourth-order valence-electron chi connectivity index (χ4n) is 2.15. The van der Waals surface area contributed by atoms with Gasteiger partial charge >= 0.3 is 0 Å². The highest BCUT2D eigenvalue weighted by atomic mass is 16.5. The third kappa shape index (κ3) is 2.32. The molecule has 0 unspecified atom stereocenters. The van der Waals surface area contributed by atoms with Crippen molar-refractivity contribution in [3.63, 3.8) is 0 Å². The summed E-state index contributed by atoms with van der Waals surface area (Å²) in [5.41, 5.74) is 11.0. The lowest BCUT2D eigenvalue weighted by Crippen LogP contribution is -1.99. The topological polar surface area (TPSA) is 63.9 Å². The van der Waals surface area contributed by atoms with E-state index in [0.29, 0.717) is 18.0 Å². The Balaban J connectivity index is 1.83. The van der Waals surface area contributed by atoms with Gasteiger partial charge in [-0.05, 0) is 49.2 Å². The van der Waals surface area contributed by atoms with Gasteiger partial charge in [0.2, 0.25) is 0 Å². The second kappa shape index (κ2) is 4.89. The smallest absolute Gasteiger partial charge is 0.146 e. The first-order valence-corrected chi connectivity index (χ1v) is 6.56. The number of anilines is 1. The van der Waals surface area contributed by atoms with E-state index in [4.69, 9.17) is 10.5 Å². The van der Waals surface area contributed by atoms with Gasteiger partial charge in [0, 0.05) is 0 Å². The van der Waals surface area contributed by atoms with Crippen LogP contribution in [0.15, 0.2) is 36.4 Å².